The number of phenolic OH excluding ortho intramolecular Hbond substituents is 1. The summed E-state index contributed by atoms with van der Waals surface area (Å²) in [5.41, 5.74) is 0.692. The van der Waals surface area contributed by atoms with Crippen molar-refractivity contribution in [2.45, 2.75) is 45.1 Å². The van der Waals surface area contributed by atoms with Crippen LogP contribution in [0, 0.1) is 0 Å². The molecule has 0 aromatic heterocycles. The number of likely N-dealkylation sites (tertiary alicyclic amines) is 1. The number of rotatable bonds is 4. The Morgan fingerprint density at radius 2 is 2.00 bits per heavy atom. The van der Waals surface area contributed by atoms with Gasteiger partial charge in [-0.15, -0.1) is 0 Å². The van der Waals surface area contributed by atoms with Crippen molar-refractivity contribution in [1.29, 1.82) is 0 Å². The minimum Gasteiger partial charge on any atom is -0.508 e. The van der Waals surface area contributed by atoms with Crippen LogP contribution in [0.2, 0.25) is 0 Å². The molecular formula is C16H23NO2. The van der Waals surface area contributed by atoms with Crippen LogP contribution in [0.4, 0.5) is 0 Å². The Morgan fingerprint density at radius 3 is 2.68 bits per heavy atom. The van der Waals surface area contributed by atoms with E-state index in [0.717, 1.165) is 13.0 Å². The van der Waals surface area contributed by atoms with Gasteiger partial charge in [-0.25, -0.2) is 0 Å². The van der Waals surface area contributed by atoms with Crippen LogP contribution >= 0.6 is 0 Å². The van der Waals surface area contributed by atoms with E-state index in [0.29, 0.717) is 18.2 Å². The van der Waals surface area contributed by atoms with E-state index in [1.165, 1.54) is 25.7 Å². The van der Waals surface area contributed by atoms with Gasteiger partial charge in [0.05, 0.1) is 6.54 Å². The number of Topliss-reactive ketones (excluding diaryl/α,β-unsaturated/α-hetero) is 1. The fraction of sp³-hybridized carbons (Fsp3) is 0.562. The molecule has 3 heteroatoms. The Kier molecular flexibility index (Phi) is 4.97. The van der Waals surface area contributed by atoms with Crippen LogP contribution in [0.5, 0.6) is 5.75 Å². The normalized spacial score (nSPS) is 21.0. The molecule has 0 saturated carbocycles. The summed E-state index contributed by atoms with van der Waals surface area (Å²) in [4.78, 5) is 14.6. The molecule has 1 aliphatic rings. The molecule has 1 aromatic rings. The maximum absolute atomic E-state index is 12.3. The Morgan fingerprint density at radius 1 is 1.26 bits per heavy atom. The van der Waals surface area contributed by atoms with Gasteiger partial charge in [-0.3, -0.25) is 9.69 Å². The number of hydrogen-bond acceptors (Lipinski definition) is 3. The number of carbonyl (C=O) groups excluding carboxylic acids is 1. The van der Waals surface area contributed by atoms with Crippen molar-refractivity contribution in [1.82, 2.24) is 4.90 Å². The lowest BCUT2D eigenvalue weighted by molar-refractivity contribution is 0.0890. The third-order valence-corrected chi connectivity index (χ3v) is 4.01. The zero-order chi connectivity index (χ0) is 13.7. The molecule has 0 aliphatic carbocycles. The molecule has 1 fully saturated rings. The molecule has 1 aromatic carbocycles. The lowest BCUT2D eigenvalue weighted by atomic mass is 10.1. The molecule has 0 radical (unpaired) electrons. The first-order valence-corrected chi connectivity index (χ1v) is 7.27. The van der Waals surface area contributed by atoms with Crippen LogP contribution in [-0.4, -0.2) is 34.9 Å². The Balaban J connectivity index is 2.01. The van der Waals surface area contributed by atoms with Gasteiger partial charge in [-0.1, -0.05) is 19.8 Å². The van der Waals surface area contributed by atoms with Gasteiger partial charge in [0.15, 0.2) is 5.78 Å². The summed E-state index contributed by atoms with van der Waals surface area (Å²) in [6.07, 6.45) is 6.07. The quantitative estimate of drug-likeness (QED) is 0.846. The average Bonchev–Trinajstić information content (AvgIpc) is 2.64. The molecule has 19 heavy (non-hydrogen) atoms. The summed E-state index contributed by atoms with van der Waals surface area (Å²) in [6.45, 7) is 3.74. The largest absolute Gasteiger partial charge is 0.508 e. The summed E-state index contributed by atoms with van der Waals surface area (Å²) in [5, 5.41) is 9.26. The van der Waals surface area contributed by atoms with Crippen LogP contribution in [0.1, 0.15) is 49.4 Å². The van der Waals surface area contributed by atoms with Gasteiger partial charge in [0, 0.05) is 11.6 Å². The SMILES string of the molecule is CCC1CCCCCN1CC(=O)c1ccc(O)cc1. The van der Waals surface area contributed by atoms with E-state index in [1.54, 1.807) is 24.3 Å². The Hall–Kier alpha value is -1.35. The second-order valence-electron chi connectivity index (χ2n) is 5.35. The lowest BCUT2D eigenvalue weighted by Crippen LogP contribution is -2.38. The summed E-state index contributed by atoms with van der Waals surface area (Å²) >= 11 is 0. The second kappa shape index (κ2) is 6.71. The van der Waals surface area contributed by atoms with E-state index in [4.69, 9.17) is 0 Å². The van der Waals surface area contributed by atoms with E-state index in [9.17, 15) is 9.90 Å². The minimum absolute atomic E-state index is 0.153. The second-order valence-corrected chi connectivity index (χ2v) is 5.35. The van der Waals surface area contributed by atoms with E-state index < -0.39 is 0 Å². The molecule has 1 atom stereocenters. The Bertz CT molecular complexity index is 413. The molecule has 2 rings (SSSR count). The zero-order valence-electron chi connectivity index (χ0n) is 11.6. The fourth-order valence-electron chi connectivity index (χ4n) is 2.83. The fourth-order valence-corrected chi connectivity index (χ4v) is 2.83. The van der Waals surface area contributed by atoms with E-state index >= 15 is 0 Å². The maximum Gasteiger partial charge on any atom is 0.176 e. The molecule has 104 valence electrons. The number of hydrogen-bond donors (Lipinski definition) is 1. The predicted molar refractivity (Wildman–Crippen MR) is 76.6 cm³/mol. The third kappa shape index (κ3) is 3.80. The zero-order valence-corrected chi connectivity index (χ0v) is 11.6. The van der Waals surface area contributed by atoms with Gasteiger partial charge >= 0.3 is 0 Å². The first-order chi connectivity index (χ1) is 9.20. The summed E-state index contributed by atoms with van der Waals surface area (Å²) in [5.74, 6) is 0.359. The molecule has 1 heterocycles. The molecule has 0 bridgehead atoms. The van der Waals surface area contributed by atoms with Gasteiger partial charge in [-0.2, -0.15) is 0 Å². The number of nitrogens with zero attached hydrogens (tertiary/aromatic N) is 1. The number of benzene rings is 1. The highest BCUT2D eigenvalue weighted by Crippen LogP contribution is 2.20. The van der Waals surface area contributed by atoms with Crippen LogP contribution in [0.3, 0.4) is 0 Å². The van der Waals surface area contributed by atoms with E-state index in [2.05, 4.69) is 11.8 Å². The van der Waals surface area contributed by atoms with Gasteiger partial charge in [0.1, 0.15) is 5.75 Å². The molecule has 1 aliphatic heterocycles. The van der Waals surface area contributed by atoms with Gasteiger partial charge in [0.25, 0.3) is 0 Å². The highest BCUT2D eigenvalue weighted by Gasteiger charge is 2.21. The van der Waals surface area contributed by atoms with Crippen molar-refractivity contribution in [2.75, 3.05) is 13.1 Å². The van der Waals surface area contributed by atoms with Crippen molar-refractivity contribution in [3.05, 3.63) is 29.8 Å². The standard InChI is InChI=1S/C16H23NO2/c1-2-14-6-4-3-5-11-17(14)12-16(19)13-7-9-15(18)10-8-13/h7-10,14,18H,2-6,11-12H2,1H3. The summed E-state index contributed by atoms with van der Waals surface area (Å²) < 4.78 is 0. The molecule has 1 unspecified atom stereocenters. The van der Waals surface area contributed by atoms with E-state index in [-0.39, 0.29) is 11.5 Å². The van der Waals surface area contributed by atoms with Crippen molar-refractivity contribution in [3.8, 4) is 5.75 Å². The van der Waals surface area contributed by atoms with Crippen LogP contribution in [-0.2, 0) is 0 Å². The predicted octanol–water partition coefficient (Wildman–Crippen LogP) is 3.23. The summed E-state index contributed by atoms with van der Waals surface area (Å²) in [6, 6.07) is 7.11. The third-order valence-electron chi connectivity index (χ3n) is 4.01. The van der Waals surface area contributed by atoms with Gasteiger partial charge in [-0.05, 0) is 50.1 Å². The highest BCUT2D eigenvalue weighted by molar-refractivity contribution is 5.97. The van der Waals surface area contributed by atoms with Crippen LogP contribution in [0.25, 0.3) is 0 Å². The first kappa shape index (κ1) is 14.1. The number of phenols is 1. The number of carbonyl (C=O) groups is 1. The summed E-state index contributed by atoms with van der Waals surface area (Å²) in [7, 11) is 0. The van der Waals surface area contributed by atoms with Crippen molar-refractivity contribution in [3.63, 3.8) is 0 Å². The van der Waals surface area contributed by atoms with Crippen molar-refractivity contribution >= 4 is 5.78 Å². The van der Waals surface area contributed by atoms with Crippen LogP contribution in [0.15, 0.2) is 24.3 Å². The monoisotopic (exact) mass is 261 g/mol. The lowest BCUT2D eigenvalue weighted by Gasteiger charge is -2.28. The minimum atomic E-state index is 0.153. The smallest absolute Gasteiger partial charge is 0.176 e. The molecular weight excluding hydrogens is 238 g/mol. The van der Waals surface area contributed by atoms with Crippen LogP contribution < -0.4 is 0 Å². The van der Waals surface area contributed by atoms with Crippen molar-refractivity contribution < 1.29 is 9.90 Å². The van der Waals surface area contributed by atoms with Gasteiger partial charge in [0.2, 0.25) is 0 Å². The molecule has 1 saturated heterocycles. The Labute approximate surface area is 115 Å². The van der Waals surface area contributed by atoms with Crippen molar-refractivity contribution in [2.24, 2.45) is 0 Å². The van der Waals surface area contributed by atoms with E-state index in [1.807, 2.05) is 0 Å². The highest BCUT2D eigenvalue weighted by atomic mass is 16.3. The topological polar surface area (TPSA) is 40.5 Å². The maximum atomic E-state index is 12.3. The molecule has 3 nitrogen and oxygen atoms in total. The molecule has 0 amide bonds. The molecule has 1 N–H and O–H groups in total. The van der Waals surface area contributed by atoms with Gasteiger partial charge < -0.3 is 5.11 Å². The number of aromatic hydroxyl groups is 1. The first-order valence-electron chi connectivity index (χ1n) is 7.27. The molecule has 0 spiro atoms. The number of ketones is 1. The average molecular weight is 261 g/mol.